The second-order valence-corrected chi connectivity index (χ2v) is 3.43. The van der Waals surface area contributed by atoms with Crippen LogP contribution in [-0.2, 0) is 0 Å². The van der Waals surface area contributed by atoms with Gasteiger partial charge in [-0.3, -0.25) is 0 Å². The molecule has 1 atom stereocenters. The second-order valence-electron chi connectivity index (χ2n) is 3.02. The van der Waals surface area contributed by atoms with Crippen molar-refractivity contribution in [3.63, 3.8) is 0 Å². The van der Waals surface area contributed by atoms with Crippen molar-refractivity contribution in [2.45, 2.75) is 12.5 Å². The monoisotopic (exact) mass is 262 g/mol. The Kier molecular flexibility index (Phi) is 5.97. The molecule has 0 amide bonds. The number of nitrogens with two attached hydrogens (primary N) is 1. The van der Waals surface area contributed by atoms with E-state index in [1.807, 2.05) is 6.07 Å². The fourth-order valence-electron chi connectivity index (χ4n) is 1.18. The number of rotatable bonds is 3. The summed E-state index contributed by atoms with van der Waals surface area (Å²) in [6.45, 7) is 0. The Morgan fingerprint density at radius 2 is 2.25 bits per heavy atom. The second kappa shape index (κ2) is 6.44. The first kappa shape index (κ1) is 14.8. The Balaban J connectivity index is 0.00000225. The Bertz CT molecular complexity index is 405. The van der Waals surface area contributed by atoms with E-state index in [0.29, 0.717) is 5.56 Å². The molecule has 0 fully saturated rings. The Labute approximate surface area is 105 Å². The topological polar surface area (TPSA) is 79.3 Å². The minimum Gasteiger partial charge on any atom is -0.503 e. The number of nitrogens with zero attached hydrogens (tertiary/aromatic N) is 1. The maximum Gasteiger partial charge on any atom is 0.176 e. The van der Waals surface area contributed by atoms with Gasteiger partial charge in [-0.1, -0.05) is 11.6 Å². The van der Waals surface area contributed by atoms with Crippen molar-refractivity contribution in [1.82, 2.24) is 0 Å². The first-order chi connectivity index (χ1) is 7.10. The van der Waals surface area contributed by atoms with E-state index in [2.05, 4.69) is 0 Å². The lowest BCUT2D eigenvalue weighted by molar-refractivity contribution is 0.372. The summed E-state index contributed by atoms with van der Waals surface area (Å²) in [6.07, 6.45) is 0.185. The Morgan fingerprint density at radius 3 is 2.75 bits per heavy atom. The van der Waals surface area contributed by atoms with Crippen LogP contribution in [0.25, 0.3) is 0 Å². The van der Waals surface area contributed by atoms with Crippen LogP contribution in [0.5, 0.6) is 11.5 Å². The van der Waals surface area contributed by atoms with Gasteiger partial charge in [-0.2, -0.15) is 5.26 Å². The van der Waals surface area contributed by atoms with Crippen LogP contribution in [0.1, 0.15) is 18.0 Å². The first-order valence-corrected chi connectivity index (χ1v) is 4.67. The minimum atomic E-state index is -0.429. The van der Waals surface area contributed by atoms with Crippen LogP contribution in [0, 0.1) is 11.3 Å². The molecule has 0 bridgehead atoms. The molecule has 0 saturated carbocycles. The predicted octanol–water partition coefficient (Wildman–Crippen LogP) is 2.39. The lowest BCUT2D eigenvalue weighted by Gasteiger charge is -2.12. The molecule has 0 saturated heterocycles. The summed E-state index contributed by atoms with van der Waals surface area (Å²) < 4.78 is 4.92. The van der Waals surface area contributed by atoms with E-state index in [0.717, 1.165) is 0 Å². The summed E-state index contributed by atoms with van der Waals surface area (Å²) in [5.74, 6) is 0.137. The zero-order valence-electron chi connectivity index (χ0n) is 8.61. The van der Waals surface area contributed by atoms with E-state index in [1.165, 1.54) is 13.2 Å². The number of ether oxygens (including phenoxy) is 1. The molecule has 0 aromatic heterocycles. The number of aromatic hydroxyl groups is 1. The average molecular weight is 263 g/mol. The molecule has 6 heteroatoms. The summed E-state index contributed by atoms with van der Waals surface area (Å²) >= 11 is 5.77. The zero-order valence-corrected chi connectivity index (χ0v) is 10.2. The maximum absolute atomic E-state index is 9.47. The normalized spacial score (nSPS) is 11.1. The van der Waals surface area contributed by atoms with Crippen LogP contribution in [0.15, 0.2) is 12.1 Å². The van der Waals surface area contributed by atoms with Gasteiger partial charge < -0.3 is 15.6 Å². The fraction of sp³-hybridized carbons (Fsp3) is 0.300. The van der Waals surface area contributed by atoms with Gasteiger partial charge >= 0.3 is 0 Å². The predicted molar refractivity (Wildman–Crippen MR) is 64.1 cm³/mol. The molecule has 0 spiro atoms. The van der Waals surface area contributed by atoms with Gasteiger partial charge in [0.2, 0.25) is 0 Å². The molecular formula is C10H12Cl2N2O2. The largest absolute Gasteiger partial charge is 0.503 e. The van der Waals surface area contributed by atoms with Crippen LogP contribution in [0.4, 0.5) is 0 Å². The molecule has 0 aliphatic heterocycles. The zero-order chi connectivity index (χ0) is 11.4. The van der Waals surface area contributed by atoms with Gasteiger partial charge in [-0.25, -0.2) is 0 Å². The van der Waals surface area contributed by atoms with Crippen LogP contribution < -0.4 is 10.5 Å². The van der Waals surface area contributed by atoms with Gasteiger partial charge in [0.25, 0.3) is 0 Å². The van der Waals surface area contributed by atoms with Gasteiger partial charge in [0, 0.05) is 6.04 Å². The fourth-order valence-corrected chi connectivity index (χ4v) is 1.40. The van der Waals surface area contributed by atoms with Gasteiger partial charge in [0.15, 0.2) is 11.5 Å². The third-order valence-corrected chi connectivity index (χ3v) is 2.30. The molecule has 0 heterocycles. The molecule has 1 aromatic carbocycles. The standard InChI is InChI=1S/C10H11ClN2O2.ClH/c1-15-9-5-6(8(13)2-3-12)4-7(11)10(9)14;/h4-5,8,14H,2,13H2,1H3;1H/t8-;/m0./s1. The van der Waals surface area contributed by atoms with Crippen LogP contribution in [0.3, 0.4) is 0 Å². The van der Waals surface area contributed by atoms with Gasteiger partial charge in [0.05, 0.1) is 24.6 Å². The van der Waals surface area contributed by atoms with Crippen molar-refractivity contribution < 1.29 is 9.84 Å². The van der Waals surface area contributed by atoms with Crippen LogP contribution >= 0.6 is 24.0 Å². The average Bonchev–Trinajstić information content (AvgIpc) is 2.22. The van der Waals surface area contributed by atoms with Crippen molar-refractivity contribution in [1.29, 1.82) is 5.26 Å². The number of halogens is 2. The van der Waals surface area contributed by atoms with Crippen molar-refractivity contribution >= 4 is 24.0 Å². The quantitative estimate of drug-likeness (QED) is 0.877. The highest BCUT2D eigenvalue weighted by molar-refractivity contribution is 6.32. The van der Waals surface area contributed by atoms with E-state index in [1.54, 1.807) is 6.07 Å². The maximum atomic E-state index is 9.47. The SMILES string of the molecule is COc1cc([C@@H](N)CC#N)cc(Cl)c1O.Cl. The third-order valence-electron chi connectivity index (χ3n) is 2.01. The molecule has 1 aromatic rings. The van der Waals surface area contributed by atoms with Crippen molar-refractivity contribution in [2.75, 3.05) is 7.11 Å². The lowest BCUT2D eigenvalue weighted by Crippen LogP contribution is -2.09. The Morgan fingerprint density at radius 1 is 1.62 bits per heavy atom. The lowest BCUT2D eigenvalue weighted by atomic mass is 10.0. The molecule has 0 radical (unpaired) electrons. The summed E-state index contributed by atoms with van der Waals surface area (Å²) in [4.78, 5) is 0. The minimum absolute atomic E-state index is 0. The summed E-state index contributed by atoms with van der Waals surface area (Å²) in [5.41, 5.74) is 6.39. The Hall–Kier alpha value is -1.15. The number of phenolic OH excluding ortho intramolecular Hbond substituents is 1. The summed E-state index contributed by atoms with van der Waals surface area (Å²) in [5, 5.41) is 18.1. The molecule has 0 aliphatic carbocycles. The number of hydrogen-bond acceptors (Lipinski definition) is 4. The van der Waals surface area contributed by atoms with E-state index in [-0.39, 0.29) is 35.3 Å². The molecule has 4 nitrogen and oxygen atoms in total. The van der Waals surface area contributed by atoms with Crippen LogP contribution in [-0.4, -0.2) is 12.2 Å². The molecule has 16 heavy (non-hydrogen) atoms. The van der Waals surface area contributed by atoms with E-state index in [4.69, 9.17) is 27.3 Å². The highest BCUT2D eigenvalue weighted by atomic mass is 35.5. The molecule has 3 N–H and O–H groups in total. The van der Waals surface area contributed by atoms with E-state index >= 15 is 0 Å². The molecule has 0 unspecified atom stereocenters. The summed E-state index contributed by atoms with van der Waals surface area (Å²) in [6, 6.07) is 4.64. The number of phenols is 1. The van der Waals surface area contributed by atoms with Crippen molar-refractivity contribution in [3.8, 4) is 17.6 Å². The van der Waals surface area contributed by atoms with Gasteiger partial charge in [-0.05, 0) is 17.7 Å². The van der Waals surface area contributed by atoms with Gasteiger partial charge in [0.1, 0.15) is 0 Å². The van der Waals surface area contributed by atoms with E-state index < -0.39 is 6.04 Å². The van der Waals surface area contributed by atoms with Crippen molar-refractivity contribution in [2.24, 2.45) is 5.73 Å². The third kappa shape index (κ3) is 3.17. The molecule has 0 aliphatic rings. The number of benzene rings is 1. The van der Waals surface area contributed by atoms with Crippen molar-refractivity contribution in [3.05, 3.63) is 22.7 Å². The highest BCUT2D eigenvalue weighted by Gasteiger charge is 2.13. The van der Waals surface area contributed by atoms with Gasteiger partial charge in [-0.15, -0.1) is 12.4 Å². The number of methoxy groups -OCH3 is 1. The summed E-state index contributed by atoms with van der Waals surface area (Å²) in [7, 11) is 1.42. The first-order valence-electron chi connectivity index (χ1n) is 4.29. The number of hydrogen-bond donors (Lipinski definition) is 2. The highest BCUT2D eigenvalue weighted by Crippen LogP contribution is 2.36. The molecule has 1 rings (SSSR count). The number of nitriles is 1. The molecular weight excluding hydrogens is 251 g/mol. The smallest absolute Gasteiger partial charge is 0.176 e. The van der Waals surface area contributed by atoms with E-state index in [9.17, 15) is 5.11 Å². The molecule has 88 valence electrons. The van der Waals surface area contributed by atoms with Crippen LogP contribution in [0.2, 0.25) is 5.02 Å².